The van der Waals surface area contributed by atoms with Gasteiger partial charge in [0.1, 0.15) is 10.7 Å². The first-order chi connectivity index (χ1) is 14.9. The van der Waals surface area contributed by atoms with Gasteiger partial charge in [-0.15, -0.1) is 0 Å². The first kappa shape index (κ1) is 23.8. The minimum Gasteiger partial charge on any atom is -0.306 e. The third-order valence-electron chi connectivity index (χ3n) is 4.53. The second-order valence-electron chi connectivity index (χ2n) is 7.82. The molecule has 0 saturated heterocycles. The van der Waals surface area contributed by atoms with Crippen LogP contribution in [0.15, 0.2) is 47.6 Å². The summed E-state index contributed by atoms with van der Waals surface area (Å²) in [5.74, 6) is 0.0506. The van der Waals surface area contributed by atoms with Crippen LogP contribution in [0.3, 0.4) is 0 Å². The van der Waals surface area contributed by atoms with Gasteiger partial charge in [0.2, 0.25) is 0 Å². The second-order valence-corrected chi connectivity index (χ2v) is 10.1. The van der Waals surface area contributed by atoms with Crippen LogP contribution in [0.2, 0.25) is 5.02 Å². The summed E-state index contributed by atoms with van der Waals surface area (Å²) in [6.45, 7) is 5.96. The van der Waals surface area contributed by atoms with E-state index in [1.807, 2.05) is 20.8 Å². The van der Waals surface area contributed by atoms with Gasteiger partial charge >= 0.3 is 0 Å². The lowest BCUT2D eigenvalue weighted by Crippen LogP contribution is -2.26. The molecule has 0 radical (unpaired) electrons. The molecule has 2 heterocycles. The highest BCUT2D eigenvalue weighted by Crippen LogP contribution is 2.28. The molecule has 1 N–H and O–H groups in total. The number of nitrogens with one attached hydrogen (secondary N) is 1. The van der Waals surface area contributed by atoms with Crippen LogP contribution in [0.25, 0.3) is 5.95 Å². The van der Waals surface area contributed by atoms with Crippen molar-refractivity contribution in [3.05, 3.63) is 59.0 Å². The van der Waals surface area contributed by atoms with E-state index in [0.29, 0.717) is 16.0 Å². The number of aromatic nitrogens is 4. The van der Waals surface area contributed by atoms with E-state index < -0.39 is 15.9 Å². The molecule has 10 nitrogen and oxygen atoms in total. The van der Waals surface area contributed by atoms with Crippen LogP contribution >= 0.6 is 11.6 Å². The number of hydrogen-bond donors (Lipinski definition) is 1. The smallest absolute Gasteiger partial charge is 0.266 e. The number of carbonyl (C=O) groups excluding carboxylic acids is 1. The quantitative estimate of drug-likeness (QED) is 0.540. The molecule has 0 bridgehead atoms. The van der Waals surface area contributed by atoms with Gasteiger partial charge in [0.05, 0.1) is 17.8 Å². The predicted octanol–water partition coefficient (Wildman–Crippen LogP) is 3.05. The standard InChI is InChI=1S/C20H23ClN6O4S/c1-20(2,3)16-12-17(27(25-16)19-22-9-6-10-23-19)24-18(28)13-7-8-14(21)15(11-13)32(29,30)26(4)31-5/h6-12H,1-5H3,(H,24,28). The number of halogens is 1. The summed E-state index contributed by atoms with van der Waals surface area (Å²) >= 11 is 6.08. The molecule has 3 aromatic rings. The summed E-state index contributed by atoms with van der Waals surface area (Å²) < 4.78 is 27.3. The van der Waals surface area contributed by atoms with Crippen molar-refractivity contribution in [3.63, 3.8) is 0 Å². The number of anilines is 1. The number of carbonyl (C=O) groups is 1. The lowest BCUT2D eigenvalue weighted by Gasteiger charge is -2.16. The van der Waals surface area contributed by atoms with Gasteiger partial charge in [0, 0.05) is 36.5 Å². The fourth-order valence-corrected chi connectivity index (χ4v) is 4.13. The third kappa shape index (κ3) is 4.80. The highest BCUT2D eigenvalue weighted by molar-refractivity contribution is 7.89. The fraction of sp³-hybridized carbons (Fsp3) is 0.300. The number of hydroxylamine groups is 1. The zero-order valence-electron chi connectivity index (χ0n) is 18.2. The molecular weight excluding hydrogens is 456 g/mol. The Morgan fingerprint density at radius 2 is 1.84 bits per heavy atom. The summed E-state index contributed by atoms with van der Waals surface area (Å²) in [6, 6.07) is 7.34. The Hall–Kier alpha value is -2.86. The van der Waals surface area contributed by atoms with Gasteiger partial charge in [-0.3, -0.25) is 9.63 Å². The summed E-state index contributed by atoms with van der Waals surface area (Å²) in [7, 11) is -1.62. The molecule has 0 unspecified atom stereocenters. The molecule has 0 atom stereocenters. The maximum atomic E-state index is 13.0. The maximum Gasteiger partial charge on any atom is 0.266 e. The molecule has 0 aliphatic carbocycles. The largest absolute Gasteiger partial charge is 0.306 e. The van der Waals surface area contributed by atoms with Gasteiger partial charge in [-0.25, -0.2) is 18.4 Å². The molecule has 170 valence electrons. The van der Waals surface area contributed by atoms with Gasteiger partial charge in [0.15, 0.2) is 0 Å². The Morgan fingerprint density at radius 3 is 2.44 bits per heavy atom. The number of rotatable bonds is 6. The lowest BCUT2D eigenvalue weighted by atomic mass is 9.92. The number of amides is 1. The van der Waals surface area contributed by atoms with Gasteiger partial charge in [-0.05, 0) is 24.3 Å². The molecule has 1 aromatic carbocycles. The number of nitrogens with zero attached hydrogens (tertiary/aromatic N) is 5. The third-order valence-corrected chi connectivity index (χ3v) is 6.69. The molecule has 0 saturated carbocycles. The van der Waals surface area contributed by atoms with Crippen molar-refractivity contribution in [1.29, 1.82) is 0 Å². The van der Waals surface area contributed by atoms with Crippen LogP contribution < -0.4 is 5.32 Å². The monoisotopic (exact) mass is 478 g/mol. The molecule has 0 spiro atoms. The number of sulfonamides is 1. The highest BCUT2D eigenvalue weighted by atomic mass is 35.5. The van der Waals surface area contributed by atoms with E-state index in [2.05, 4.69) is 20.4 Å². The van der Waals surface area contributed by atoms with Crippen molar-refractivity contribution in [2.75, 3.05) is 19.5 Å². The van der Waals surface area contributed by atoms with Crippen molar-refractivity contribution in [1.82, 2.24) is 24.2 Å². The number of hydrogen-bond acceptors (Lipinski definition) is 7. The Labute approximate surface area is 191 Å². The first-order valence-corrected chi connectivity index (χ1v) is 11.3. The van der Waals surface area contributed by atoms with Gasteiger partial charge < -0.3 is 5.32 Å². The van der Waals surface area contributed by atoms with Crippen LogP contribution in [0.5, 0.6) is 0 Å². The van der Waals surface area contributed by atoms with Gasteiger partial charge in [-0.1, -0.05) is 36.8 Å². The minimum atomic E-state index is -4.05. The van der Waals surface area contributed by atoms with E-state index in [1.165, 1.54) is 37.0 Å². The zero-order chi connectivity index (χ0) is 23.7. The van der Waals surface area contributed by atoms with Crippen LogP contribution in [-0.2, 0) is 20.3 Å². The number of benzene rings is 1. The Morgan fingerprint density at radius 1 is 1.19 bits per heavy atom. The minimum absolute atomic E-state index is 0.0387. The van der Waals surface area contributed by atoms with Crippen LogP contribution in [0.1, 0.15) is 36.8 Å². The molecule has 3 rings (SSSR count). The SMILES string of the molecule is CON(C)S(=O)(=O)c1cc(C(=O)Nc2cc(C(C)(C)C)nn2-c2ncccn2)ccc1Cl. The van der Waals surface area contributed by atoms with E-state index >= 15 is 0 Å². The average molecular weight is 479 g/mol. The molecular formula is C20H23ClN6O4S. The molecule has 0 fully saturated rings. The average Bonchev–Trinajstić information content (AvgIpc) is 3.18. The topological polar surface area (TPSA) is 119 Å². The Bertz CT molecular complexity index is 1240. The van der Waals surface area contributed by atoms with Crippen LogP contribution in [0, 0.1) is 0 Å². The molecule has 0 aliphatic heterocycles. The Kier molecular flexibility index (Phi) is 6.65. The van der Waals surface area contributed by atoms with E-state index in [-0.39, 0.29) is 26.8 Å². The van der Waals surface area contributed by atoms with Crippen molar-refractivity contribution in [2.45, 2.75) is 31.1 Å². The van der Waals surface area contributed by atoms with E-state index in [0.717, 1.165) is 0 Å². The first-order valence-electron chi connectivity index (χ1n) is 9.47. The van der Waals surface area contributed by atoms with E-state index in [9.17, 15) is 13.2 Å². The second kappa shape index (κ2) is 8.94. The summed E-state index contributed by atoms with van der Waals surface area (Å²) in [6.07, 6.45) is 3.13. The molecule has 12 heteroatoms. The fourth-order valence-electron chi connectivity index (χ4n) is 2.66. The lowest BCUT2D eigenvalue weighted by molar-refractivity contribution is -0.0258. The molecule has 0 aliphatic rings. The van der Waals surface area contributed by atoms with Gasteiger partial charge in [0.25, 0.3) is 21.9 Å². The summed E-state index contributed by atoms with van der Waals surface area (Å²) in [5.41, 5.74) is 0.490. The molecule has 2 aromatic heterocycles. The highest BCUT2D eigenvalue weighted by Gasteiger charge is 2.26. The normalized spacial score (nSPS) is 12.2. The van der Waals surface area contributed by atoms with Crippen molar-refractivity contribution >= 4 is 33.3 Å². The summed E-state index contributed by atoms with van der Waals surface area (Å²) in [5, 5.41) is 7.26. The van der Waals surface area contributed by atoms with E-state index in [1.54, 1.807) is 24.5 Å². The van der Waals surface area contributed by atoms with Crippen LogP contribution in [0.4, 0.5) is 5.82 Å². The zero-order valence-corrected chi connectivity index (χ0v) is 19.8. The van der Waals surface area contributed by atoms with Crippen LogP contribution in [-0.4, -0.2) is 52.7 Å². The summed E-state index contributed by atoms with van der Waals surface area (Å²) in [4.78, 5) is 25.9. The van der Waals surface area contributed by atoms with Gasteiger partial charge in [-0.2, -0.15) is 9.78 Å². The molecule has 32 heavy (non-hydrogen) atoms. The Balaban J connectivity index is 2.01. The van der Waals surface area contributed by atoms with E-state index in [4.69, 9.17) is 16.4 Å². The maximum absolute atomic E-state index is 13.0. The van der Waals surface area contributed by atoms with Crippen molar-refractivity contribution in [3.8, 4) is 5.95 Å². The van der Waals surface area contributed by atoms with Crippen molar-refractivity contribution < 1.29 is 18.0 Å². The van der Waals surface area contributed by atoms with Crippen molar-refractivity contribution in [2.24, 2.45) is 0 Å². The molecule has 1 amide bonds. The predicted molar refractivity (Wildman–Crippen MR) is 119 cm³/mol.